The Labute approximate surface area is 173 Å². The zero-order chi connectivity index (χ0) is 19.4. The van der Waals surface area contributed by atoms with Gasteiger partial charge < -0.3 is 14.5 Å². The van der Waals surface area contributed by atoms with E-state index in [0.717, 1.165) is 37.7 Å². The number of aromatic nitrogens is 2. The number of aryl methyl sites for hydroxylation is 2. The summed E-state index contributed by atoms with van der Waals surface area (Å²) in [5.74, 6) is 1.14. The summed E-state index contributed by atoms with van der Waals surface area (Å²) in [7, 11) is 2.02. The highest BCUT2D eigenvalue weighted by molar-refractivity contribution is 5.55. The molecule has 0 amide bonds. The molecule has 1 aliphatic carbocycles. The van der Waals surface area contributed by atoms with Crippen molar-refractivity contribution in [2.75, 3.05) is 24.5 Å². The van der Waals surface area contributed by atoms with Crippen LogP contribution >= 0.6 is 0 Å². The summed E-state index contributed by atoms with van der Waals surface area (Å²) in [6.07, 6.45) is 12.2. The lowest BCUT2D eigenvalue weighted by atomic mass is 9.81. The van der Waals surface area contributed by atoms with Crippen LogP contribution in [0.1, 0.15) is 55.3 Å². The van der Waals surface area contributed by atoms with Crippen LogP contribution in [0.5, 0.6) is 5.75 Å². The van der Waals surface area contributed by atoms with Crippen LogP contribution in [0.4, 0.5) is 5.69 Å². The van der Waals surface area contributed by atoms with Gasteiger partial charge in [0.1, 0.15) is 11.4 Å². The average Bonchev–Trinajstić information content (AvgIpc) is 3.07. The van der Waals surface area contributed by atoms with E-state index in [4.69, 9.17) is 4.74 Å². The summed E-state index contributed by atoms with van der Waals surface area (Å²) in [6.45, 7) is 4.45. The lowest BCUT2D eigenvalue weighted by molar-refractivity contribution is -0.0336. The molecule has 29 heavy (non-hydrogen) atoms. The third-order valence-electron chi connectivity index (χ3n) is 7.86. The first-order valence-corrected chi connectivity index (χ1v) is 11.5. The quantitative estimate of drug-likeness (QED) is 0.780. The number of benzene rings is 1. The first kappa shape index (κ1) is 17.8. The first-order chi connectivity index (χ1) is 14.2. The molecular formula is C24H32N4O. The van der Waals surface area contributed by atoms with Gasteiger partial charge in [-0.15, -0.1) is 0 Å². The zero-order valence-electron chi connectivity index (χ0n) is 17.6. The Balaban J connectivity index is 1.15. The van der Waals surface area contributed by atoms with E-state index in [-0.39, 0.29) is 5.60 Å². The Morgan fingerprint density at radius 1 is 1.03 bits per heavy atom. The maximum atomic E-state index is 6.68. The minimum atomic E-state index is 0.0878. The predicted molar refractivity (Wildman–Crippen MR) is 115 cm³/mol. The third-order valence-corrected chi connectivity index (χ3v) is 7.86. The Hall–Kier alpha value is -2.01. The van der Waals surface area contributed by atoms with E-state index in [1.807, 2.05) is 11.7 Å². The summed E-state index contributed by atoms with van der Waals surface area (Å²) in [5, 5.41) is 4.59. The largest absolute Gasteiger partial charge is 0.487 e. The molecule has 4 aliphatic rings. The molecule has 1 saturated heterocycles. The van der Waals surface area contributed by atoms with Gasteiger partial charge in [-0.1, -0.05) is 6.42 Å². The van der Waals surface area contributed by atoms with Crippen LogP contribution in [0.25, 0.3) is 0 Å². The van der Waals surface area contributed by atoms with Crippen LogP contribution in [0.2, 0.25) is 0 Å². The smallest absolute Gasteiger partial charge is 0.123 e. The van der Waals surface area contributed by atoms with Gasteiger partial charge >= 0.3 is 0 Å². The van der Waals surface area contributed by atoms with Crippen molar-refractivity contribution in [3.05, 3.63) is 41.2 Å². The molecule has 0 radical (unpaired) electrons. The highest BCUT2D eigenvalue weighted by Crippen LogP contribution is 2.42. The second-order valence-corrected chi connectivity index (χ2v) is 9.64. The number of rotatable bonds is 2. The summed E-state index contributed by atoms with van der Waals surface area (Å²) in [6, 6.07) is 7.76. The van der Waals surface area contributed by atoms with Gasteiger partial charge in [0.05, 0.1) is 5.69 Å². The van der Waals surface area contributed by atoms with Gasteiger partial charge in [0.25, 0.3) is 0 Å². The second kappa shape index (κ2) is 6.76. The van der Waals surface area contributed by atoms with Crippen molar-refractivity contribution in [3.63, 3.8) is 0 Å². The fourth-order valence-electron chi connectivity index (χ4n) is 5.78. The van der Waals surface area contributed by atoms with Crippen molar-refractivity contribution < 1.29 is 4.74 Å². The summed E-state index contributed by atoms with van der Waals surface area (Å²) < 4.78 is 8.63. The first-order valence-electron chi connectivity index (χ1n) is 11.5. The maximum Gasteiger partial charge on any atom is 0.123 e. The van der Waals surface area contributed by atoms with E-state index < -0.39 is 0 Å². The normalized spacial score (nSPS) is 24.0. The molecule has 1 spiro atoms. The molecule has 1 saturated carbocycles. The molecule has 6 rings (SSSR count). The van der Waals surface area contributed by atoms with Gasteiger partial charge in [-0.25, -0.2) is 0 Å². The number of ether oxygens (including phenoxy) is 1. The van der Waals surface area contributed by atoms with Crippen molar-refractivity contribution in [2.45, 2.75) is 69.6 Å². The van der Waals surface area contributed by atoms with Crippen LogP contribution in [0, 0.1) is 0 Å². The van der Waals surface area contributed by atoms with Gasteiger partial charge in [0, 0.05) is 63.1 Å². The van der Waals surface area contributed by atoms with Gasteiger partial charge in [-0.2, -0.15) is 5.10 Å². The summed E-state index contributed by atoms with van der Waals surface area (Å²) in [4.78, 5) is 5.21. The van der Waals surface area contributed by atoms with Gasteiger partial charge in [-0.05, 0) is 62.3 Å². The van der Waals surface area contributed by atoms with Crippen LogP contribution in [0.15, 0.2) is 24.4 Å². The van der Waals surface area contributed by atoms with E-state index in [9.17, 15) is 0 Å². The third kappa shape index (κ3) is 3.14. The topological polar surface area (TPSA) is 33.5 Å². The van der Waals surface area contributed by atoms with Crippen molar-refractivity contribution in [3.8, 4) is 5.75 Å². The molecule has 154 valence electrons. The minimum absolute atomic E-state index is 0.0878. The molecule has 1 aromatic heterocycles. The van der Waals surface area contributed by atoms with Crippen molar-refractivity contribution in [2.24, 2.45) is 7.05 Å². The predicted octanol–water partition coefficient (Wildman–Crippen LogP) is 3.69. The Kier molecular flexibility index (Phi) is 4.15. The lowest BCUT2D eigenvalue weighted by Crippen LogP contribution is -2.53. The summed E-state index contributed by atoms with van der Waals surface area (Å²) in [5.41, 5.74) is 5.44. The monoisotopic (exact) mass is 392 g/mol. The molecule has 0 atom stereocenters. The van der Waals surface area contributed by atoms with E-state index in [2.05, 4.69) is 39.3 Å². The molecule has 0 N–H and O–H groups in total. The van der Waals surface area contributed by atoms with Gasteiger partial charge in [-0.3, -0.25) is 4.68 Å². The van der Waals surface area contributed by atoms with Gasteiger partial charge in [0.15, 0.2) is 0 Å². The second-order valence-electron chi connectivity index (χ2n) is 9.64. The number of piperidine rings is 1. The van der Waals surface area contributed by atoms with Crippen LogP contribution in [0.3, 0.4) is 0 Å². The van der Waals surface area contributed by atoms with E-state index in [1.165, 1.54) is 74.1 Å². The molecule has 5 heteroatoms. The molecular weight excluding hydrogens is 360 g/mol. The SMILES string of the molecule is Cn1cc2c(n1)CCN(c1ccc3c(c1)CCC1(CCN(C4CCC4)CC1)O3)C2. The lowest BCUT2D eigenvalue weighted by Gasteiger charge is -2.48. The molecule has 5 nitrogen and oxygen atoms in total. The maximum absolute atomic E-state index is 6.68. The Morgan fingerprint density at radius 3 is 2.69 bits per heavy atom. The number of hydrogen-bond donors (Lipinski definition) is 0. The zero-order valence-corrected chi connectivity index (χ0v) is 17.6. The van der Waals surface area contributed by atoms with E-state index in [0.29, 0.717) is 0 Å². The fourth-order valence-corrected chi connectivity index (χ4v) is 5.78. The minimum Gasteiger partial charge on any atom is -0.487 e. The number of fused-ring (bicyclic) bond motifs is 2. The number of anilines is 1. The molecule has 0 unspecified atom stereocenters. The molecule has 1 aromatic carbocycles. The Morgan fingerprint density at radius 2 is 1.90 bits per heavy atom. The van der Waals surface area contributed by atoms with E-state index >= 15 is 0 Å². The van der Waals surface area contributed by atoms with Crippen molar-refractivity contribution in [1.29, 1.82) is 0 Å². The number of nitrogens with zero attached hydrogens (tertiary/aromatic N) is 4. The van der Waals surface area contributed by atoms with Crippen LogP contribution < -0.4 is 9.64 Å². The van der Waals surface area contributed by atoms with E-state index in [1.54, 1.807) is 0 Å². The van der Waals surface area contributed by atoms with Crippen molar-refractivity contribution in [1.82, 2.24) is 14.7 Å². The Bertz CT molecular complexity index is 908. The van der Waals surface area contributed by atoms with Gasteiger partial charge in [0.2, 0.25) is 0 Å². The molecule has 3 aliphatic heterocycles. The summed E-state index contributed by atoms with van der Waals surface area (Å²) >= 11 is 0. The van der Waals surface area contributed by atoms with Crippen LogP contribution in [-0.4, -0.2) is 46.0 Å². The molecule has 2 aromatic rings. The average molecular weight is 393 g/mol. The highest BCUT2D eigenvalue weighted by atomic mass is 16.5. The van der Waals surface area contributed by atoms with Crippen molar-refractivity contribution >= 4 is 5.69 Å². The fraction of sp³-hybridized carbons (Fsp3) is 0.625. The highest BCUT2D eigenvalue weighted by Gasteiger charge is 2.41. The standard InChI is InChI=1S/C24H32N4O/c1-26-16-19-17-28(12-8-22(19)25-26)21-5-6-23-18(15-21)7-9-24(29-23)10-13-27(14-11-24)20-3-2-4-20/h5-6,15-16,20H,2-4,7-14,17H2,1H3. The number of likely N-dealkylation sites (tertiary alicyclic amines) is 1. The van der Waals surface area contributed by atoms with Crippen LogP contribution in [-0.2, 0) is 26.4 Å². The molecule has 2 fully saturated rings. The number of hydrogen-bond acceptors (Lipinski definition) is 4. The molecule has 0 bridgehead atoms. The molecule has 4 heterocycles.